The summed E-state index contributed by atoms with van der Waals surface area (Å²) in [5.74, 6) is 1.80. The highest BCUT2D eigenvalue weighted by Crippen LogP contribution is 2.29. The Labute approximate surface area is 191 Å². The number of nitrogens with zero attached hydrogens (tertiary/aromatic N) is 3. The Morgan fingerprint density at radius 1 is 1.00 bits per heavy atom. The van der Waals surface area contributed by atoms with Crippen LogP contribution in [0.25, 0.3) is 0 Å². The van der Waals surface area contributed by atoms with Gasteiger partial charge in [0, 0.05) is 37.4 Å². The lowest BCUT2D eigenvalue weighted by molar-refractivity contribution is 0.243. The molecule has 7 nitrogen and oxygen atoms in total. The molecule has 1 fully saturated rings. The normalized spacial score (nSPS) is 20.2. The van der Waals surface area contributed by atoms with Gasteiger partial charge in [0.25, 0.3) is 0 Å². The first-order valence-electron chi connectivity index (χ1n) is 12.0. The first-order valence-corrected chi connectivity index (χ1v) is 12.0. The molecule has 0 radical (unpaired) electrons. The summed E-state index contributed by atoms with van der Waals surface area (Å²) < 4.78 is 0. The molecule has 4 rings (SSSR count). The Morgan fingerprint density at radius 2 is 1.69 bits per heavy atom. The minimum Gasteiger partial charge on any atom is -0.362 e. The van der Waals surface area contributed by atoms with Crippen molar-refractivity contribution in [3.8, 4) is 0 Å². The highest BCUT2D eigenvalue weighted by molar-refractivity contribution is 5.89. The zero-order valence-corrected chi connectivity index (χ0v) is 19.6. The summed E-state index contributed by atoms with van der Waals surface area (Å²) in [4.78, 5) is 24.2. The molecule has 172 valence electrons. The van der Waals surface area contributed by atoms with E-state index in [1.165, 1.54) is 29.7 Å². The van der Waals surface area contributed by atoms with Crippen molar-refractivity contribution >= 4 is 23.5 Å². The number of nitrogens with one attached hydrogen (secondary N) is 3. The number of carbonyl (C=O) groups is 1. The minimum absolute atomic E-state index is 0.126. The summed E-state index contributed by atoms with van der Waals surface area (Å²) in [6, 6.07) is 8.44. The molecule has 2 aromatic rings. The van der Waals surface area contributed by atoms with Crippen molar-refractivity contribution in [2.24, 2.45) is 0 Å². The van der Waals surface area contributed by atoms with E-state index in [1.807, 2.05) is 12.1 Å². The van der Waals surface area contributed by atoms with E-state index in [0.717, 1.165) is 62.4 Å². The van der Waals surface area contributed by atoms with E-state index >= 15 is 0 Å². The Hall–Kier alpha value is -2.83. The average Bonchev–Trinajstić information content (AvgIpc) is 2.80. The van der Waals surface area contributed by atoms with Crippen LogP contribution in [0.15, 0.2) is 24.3 Å². The number of carbonyl (C=O) groups excluding carboxylic acids is 1. The van der Waals surface area contributed by atoms with E-state index in [1.54, 1.807) is 0 Å². The van der Waals surface area contributed by atoms with Gasteiger partial charge in [-0.1, -0.05) is 19.1 Å². The number of hydrogen-bond acceptors (Lipinski definition) is 5. The van der Waals surface area contributed by atoms with Gasteiger partial charge in [-0.05, 0) is 75.5 Å². The predicted molar refractivity (Wildman–Crippen MR) is 131 cm³/mol. The molecule has 0 aliphatic heterocycles. The lowest BCUT2D eigenvalue weighted by atomic mass is 9.91. The zero-order valence-electron chi connectivity index (χ0n) is 19.6. The fourth-order valence-electron chi connectivity index (χ4n) is 4.75. The second-order valence-corrected chi connectivity index (χ2v) is 9.24. The highest BCUT2D eigenvalue weighted by atomic mass is 16.2. The van der Waals surface area contributed by atoms with Gasteiger partial charge in [0.15, 0.2) is 0 Å². The van der Waals surface area contributed by atoms with Crippen molar-refractivity contribution in [1.29, 1.82) is 0 Å². The van der Waals surface area contributed by atoms with Gasteiger partial charge in [-0.3, -0.25) is 0 Å². The summed E-state index contributed by atoms with van der Waals surface area (Å²) >= 11 is 0. The SMILES string of the molecule is CCc1ccc(NC(=O)N[C@H]2CC[C@@H](Nc3nc4c(c(N(C)C)n3)CCCC4)CC2)cc1. The molecule has 7 heteroatoms. The van der Waals surface area contributed by atoms with E-state index in [2.05, 4.69) is 54.0 Å². The molecule has 0 spiro atoms. The number of fused-ring (bicyclic) bond motifs is 1. The van der Waals surface area contributed by atoms with Crippen molar-refractivity contribution < 1.29 is 4.79 Å². The fourth-order valence-corrected chi connectivity index (χ4v) is 4.75. The molecule has 1 aromatic carbocycles. The molecule has 0 bridgehead atoms. The van der Waals surface area contributed by atoms with Gasteiger partial charge in [0.1, 0.15) is 5.82 Å². The molecule has 2 aliphatic carbocycles. The lowest BCUT2D eigenvalue weighted by Crippen LogP contribution is -2.42. The number of hydrogen-bond donors (Lipinski definition) is 3. The third kappa shape index (κ3) is 5.50. The number of anilines is 3. The summed E-state index contributed by atoms with van der Waals surface area (Å²) in [5, 5.41) is 9.65. The van der Waals surface area contributed by atoms with E-state index < -0.39 is 0 Å². The lowest BCUT2D eigenvalue weighted by Gasteiger charge is -2.30. The molecule has 0 unspecified atom stereocenters. The Morgan fingerprint density at radius 3 is 2.38 bits per heavy atom. The van der Waals surface area contributed by atoms with E-state index in [-0.39, 0.29) is 12.1 Å². The molecule has 2 aliphatic rings. The summed E-state index contributed by atoms with van der Waals surface area (Å²) in [6.45, 7) is 2.12. The number of amides is 2. The summed E-state index contributed by atoms with van der Waals surface area (Å²) in [6.07, 6.45) is 9.43. The topological polar surface area (TPSA) is 82.2 Å². The van der Waals surface area contributed by atoms with Crippen molar-refractivity contribution in [2.75, 3.05) is 29.6 Å². The molecule has 0 atom stereocenters. The van der Waals surface area contributed by atoms with Crippen LogP contribution >= 0.6 is 0 Å². The van der Waals surface area contributed by atoms with Crippen LogP contribution in [0, 0.1) is 0 Å². The molecule has 2 amide bonds. The second kappa shape index (κ2) is 10.2. The quantitative estimate of drug-likeness (QED) is 0.620. The van der Waals surface area contributed by atoms with Crippen molar-refractivity contribution in [3.63, 3.8) is 0 Å². The van der Waals surface area contributed by atoms with Crippen LogP contribution in [-0.4, -0.2) is 42.2 Å². The van der Waals surface area contributed by atoms with Crippen LogP contribution < -0.4 is 20.9 Å². The summed E-state index contributed by atoms with van der Waals surface area (Å²) in [7, 11) is 4.11. The number of urea groups is 1. The van der Waals surface area contributed by atoms with Gasteiger partial charge >= 0.3 is 6.03 Å². The molecular weight excluding hydrogens is 400 g/mol. The van der Waals surface area contributed by atoms with Gasteiger partial charge in [-0.25, -0.2) is 9.78 Å². The average molecular weight is 437 g/mol. The van der Waals surface area contributed by atoms with Crippen molar-refractivity contribution in [3.05, 3.63) is 41.1 Å². The molecule has 1 aromatic heterocycles. The third-order valence-corrected chi connectivity index (χ3v) is 6.60. The first kappa shape index (κ1) is 22.4. The number of benzene rings is 1. The molecule has 3 N–H and O–H groups in total. The standard InChI is InChI=1S/C25H36N6O/c1-4-17-9-11-19(12-10-17)27-25(32)28-20-15-13-18(14-16-20)26-24-29-22-8-6-5-7-21(22)23(30-24)31(2)3/h9-12,18,20H,4-8,13-16H2,1-3H3,(H,26,29,30)(H2,27,28,32)/t18-,20+. The van der Waals surface area contributed by atoms with Crippen LogP contribution in [-0.2, 0) is 19.3 Å². The van der Waals surface area contributed by atoms with Crippen molar-refractivity contribution in [1.82, 2.24) is 15.3 Å². The monoisotopic (exact) mass is 436 g/mol. The van der Waals surface area contributed by atoms with Crippen LogP contribution in [0.3, 0.4) is 0 Å². The molecule has 0 saturated heterocycles. The van der Waals surface area contributed by atoms with Gasteiger partial charge in [0.2, 0.25) is 5.95 Å². The predicted octanol–water partition coefficient (Wildman–Crippen LogP) is 4.53. The minimum atomic E-state index is -0.126. The zero-order chi connectivity index (χ0) is 22.5. The molecule has 32 heavy (non-hydrogen) atoms. The maximum absolute atomic E-state index is 12.4. The van der Waals surface area contributed by atoms with Gasteiger partial charge in [-0.2, -0.15) is 4.98 Å². The van der Waals surface area contributed by atoms with E-state index in [0.29, 0.717) is 6.04 Å². The summed E-state index contributed by atoms with van der Waals surface area (Å²) in [5.41, 5.74) is 4.62. The van der Waals surface area contributed by atoms with Crippen LogP contribution in [0.4, 0.5) is 22.2 Å². The molecule has 1 saturated carbocycles. The highest BCUT2D eigenvalue weighted by Gasteiger charge is 2.24. The molecular formula is C25H36N6O. The van der Waals surface area contributed by atoms with Gasteiger partial charge in [-0.15, -0.1) is 0 Å². The van der Waals surface area contributed by atoms with Gasteiger partial charge in [0.05, 0.1) is 5.69 Å². The molecule has 1 heterocycles. The Kier molecular flexibility index (Phi) is 7.12. The number of aromatic nitrogens is 2. The second-order valence-electron chi connectivity index (χ2n) is 9.24. The Bertz CT molecular complexity index is 919. The van der Waals surface area contributed by atoms with Crippen molar-refractivity contribution in [2.45, 2.75) is 76.8 Å². The smallest absolute Gasteiger partial charge is 0.319 e. The van der Waals surface area contributed by atoms with Crippen LogP contribution in [0.2, 0.25) is 0 Å². The first-order chi connectivity index (χ1) is 15.5. The largest absolute Gasteiger partial charge is 0.362 e. The van der Waals surface area contributed by atoms with Crippen LogP contribution in [0.1, 0.15) is 62.3 Å². The van der Waals surface area contributed by atoms with E-state index in [9.17, 15) is 4.79 Å². The van der Waals surface area contributed by atoms with Crippen LogP contribution in [0.5, 0.6) is 0 Å². The number of rotatable bonds is 6. The maximum atomic E-state index is 12.4. The fraction of sp³-hybridized carbons (Fsp3) is 0.560. The maximum Gasteiger partial charge on any atom is 0.319 e. The van der Waals surface area contributed by atoms with E-state index in [4.69, 9.17) is 9.97 Å². The van der Waals surface area contributed by atoms with Gasteiger partial charge < -0.3 is 20.9 Å². The third-order valence-electron chi connectivity index (χ3n) is 6.60. The number of aryl methyl sites for hydroxylation is 2. The Balaban J connectivity index is 1.28.